The van der Waals surface area contributed by atoms with Crippen LogP contribution in [0.15, 0.2) is 24.3 Å². The zero-order chi connectivity index (χ0) is 19.3. The molecule has 2 N–H and O–H groups in total. The number of halogens is 1. The quantitative estimate of drug-likeness (QED) is 0.733. The smallest absolute Gasteiger partial charge is 0.335 e. The number of ether oxygens (including phenoxy) is 2. The van der Waals surface area contributed by atoms with Crippen molar-refractivity contribution < 1.29 is 19.4 Å². The SMILES string of the molecule is Cl.O=C(O)c1cccc(Nc2nc(N3CCOCC3)nc(N3CCOCC3)n2)c1. The van der Waals surface area contributed by atoms with Crippen LogP contribution >= 0.6 is 12.4 Å². The summed E-state index contributed by atoms with van der Waals surface area (Å²) in [4.78, 5) is 29.1. The molecule has 0 unspecified atom stereocenters. The molecule has 0 saturated carbocycles. The summed E-state index contributed by atoms with van der Waals surface area (Å²) in [6, 6.07) is 6.55. The highest BCUT2D eigenvalue weighted by Crippen LogP contribution is 2.21. The minimum absolute atomic E-state index is 0. The monoisotopic (exact) mass is 422 g/mol. The van der Waals surface area contributed by atoms with Crippen LogP contribution < -0.4 is 15.1 Å². The third-order valence-corrected chi connectivity index (χ3v) is 4.57. The van der Waals surface area contributed by atoms with Crippen molar-refractivity contribution in [1.82, 2.24) is 15.0 Å². The molecule has 0 aliphatic carbocycles. The molecule has 2 aliphatic rings. The van der Waals surface area contributed by atoms with Crippen molar-refractivity contribution in [2.24, 2.45) is 0 Å². The fourth-order valence-corrected chi connectivity index (χ4v) is 3.08. The Labute approximate surface area is 174 Å². The van der Waals surface area contributed by atoms with Gasteiger partial charge >= 0.3 is 5.97 Å². The number of carbonyl (C=O) groups is 1. The number of nitrogens with one attached hydrogen (secondary N) is 1. The van der Waals surface area contributed by atoms with Crippen molar-refractivity contribution in [2.45, 2.75) is 0 Å². The van der Waals surface area contributed by atoms with Crippen LogP contribution in [0.25, 0.3) is 0 Å². The average molecular weight is 423 g/mol. The van der Waals surface area contributed by atoms with E-state index in [1.54, 1.807) is 24.3 Å². The Morgan fingerprint density at radius 3 is 2.00 bits per heavy atom. The molecule has 1 aromatic heterocycles. The maximum atomic E-state index is 11.2. The minimum Gasteiger partial charge on any atom is -0.478 e. The molecule has 1 aromatic carbocycles. The van der Waals surface area contributed by atoms with Gasteiger partial charge in [0.15, 0.2) is 0 Å². The van der Waals surface area contributed by atoms with E-state index < -0.39 is 5.97 Å². The summed E-state index contributed by atoms with van der Waals surface area (Å²) < 4.78 is 10.8. The Kier molecular flexibility index (Phi) is 7.02. The number of carboxylic acid groups (broad SMARTS) is 1. The summed E-state index contributed by atoms with van der Waals surface area (Å²) in [5.41, 5.74) is 0.799. The van der Waals surface area contributed by atoms with E-state index in [0.29, 0.717) is 76.1 Å². The lowest BCUT2D eigenvalue weighted by Gasteiger charge is -2.30. The largest absolute Gasteiger partial charge is 0.478 e. The Morgan fingerprint density at radius 1 is 0.931 bits per heavy atom. The molecular weight excluding hydrogens is 400 g/mol. The predicted molar refractivity (Wildman–Crippen MR) is 110 cm³/mol. The second-order valence-corrected chi connectivity index (χ2v) is 6.47. The summed E-state index contributed by atoms with van der Waals surface area (Å²) in [7, 11) is 0. The van der Waals surface area contributed by atoms with Crippen molar-refractivity contribution in [2.75, 3.05) is 67.7 Å². The second kappa shape index (κ2) is 9.68. The first-order chi connectivity index (χ1) is 13.7. The molecule has 0 amide bonds. The molecule has 0 bridgehead atoms. The van der Waals surface area contributed by atoms with Gasteiger partial charge in [-0.15, -0.1) is 12.4 Å². The highest BCUT2D eigenvalue weighted by atomic mass is 35.5. The van der Waals surface area contributed by atoms with Crippen molar-refractivity contribution in [1.29, 1.82) is 0 Å². The van der Waals surface area contributed by atoms with Crippen LogP contribution in [0, 0.1) is 0 Å². The lowest BCUT2D eigenvalue weighted by molar-refractivity contribution is 0.0697. The van der Waals surface area contributed by atoms with Gasteiger partial charge in [-0.2, -0.15) is 15.0 Å². The van der Waals surface area contributed by atoms with Crippen LogP contribution in [0.3, 0.4) is 0 Å². The number of benzene rings is 1. The van der Waals surface area contributed by atoms with E-state index in [1.165, 1.54) is 0 Å². The van der Waals surface area contributed by atoms with Gasteiger partial charge < -0.3 is 29.7 Å². The summed E-state index contributed by atoms with van der Waals surface area (Å²) >= 11 is 0. The zero-order valence-electron chi connectivity index (χ0n) is 15.8. The van der Waals surface area contributed by atoms with E-state index in [2.05, 4.69) is 30.1 Å². The van der Waals surface area contributed by atoms with Crippen molar-refractivity contribution in [3.05, 3.63) is 29.8 Å². The molecule has 2 aliphatic heterocycles. The van der Waals surface area contributed by atoms with Gasteiger partial charge in [0.1, 0.15) is 0 Å². The Balaban J connectivity index is 0.00000240. The number of anilines is 4. The Hall–Kier alpha value is -2.69. The van der Waals surface area contributed by atoms with Crippen LogP contribution in [-0.2, 0) is 9.47 Å². The molecule has 10 nitrogen and oxygen atoms in total. The van der Waals surface area contributed by atoms with Crippen LogP contribution in [0.1, 0.15) is 10.4 Å². The first kappa shape index (κ1) is 21.0. The standard InChI is InChI=1S/C18H22N6O4.ClH/c25-15(26)13-2-1-3-14(12-13)19-16-20-17(23-4-8-27-9-5-23)22-18(21-16)24-6-10-28-11-7-24;/h1-3,12H,4-11H2,(H,25,26)(H,19,20,21,22);1H. The topological polar surface area (TPSA) is 113 Å². The number of hydrogen-bond acceptors (Lipinski definition) is 9. The number of hydrogen-bond donors (Lipinski definition) is 2. The van der Waals surface area contributed by atoms with E-state index >= 15 is 0 Å². The fraction of sp³-hybridized carbons (Fsp3) is 0.444. The van der Waals surface area contributed by atoms with Crippen LogP contribution in [0.4, 0.5) is 23.5 Å². The first-order valence-electron chi connectivity index (χ1n) is 9.21. The van der Waals surface area contributed by atoms with Crippen LogP contribution in [-0.4, -0.2) is 78.6 Å². The lowest BCUT2D eigenvalue weighted by Crippen LogP contribution is -2.40. The second-order valence-electron chi connectivity index (χ2n) is 6.47. The molecular formula is C18H23ClN6O4. The van der Waals surface area contributed by atoms with E-state index in [9.17, 15) is 9.90 Å². The number of nitrogens with zero attached hydrogens (tertiary/aromatic N) is 5. The van der Waals surface area contributed by atoms with Gasteiger partial charge in [0, 0.05) is 31.9 Å². The molecule has 2 fully saturated rings. The third-order valence-electron chi connectivity index (χ3n) is 4.57. The fourth-order valence-electron chi connectivity index (χ4n) is 3.08. The zero-order valence-corrected chi connectivity index (χ0v) is 16.6. The van der Waals surface area contributed by atoms with Gasteiger partial charge in [0.2, 0.25) is 17.8 Å². The molecule has 11 heteroatoms. The van der Waals surface area contributed by atoms with Crippen LogP contribution in [0.5, 0.6) is 0 Å². The molecule has 2 saturated heterocycles. The van der Waals surface area contributed by atoms with E-state index in [-0.39, 0.29) is 18.0 Å². The maximum Gasteiger partial charge on any atom is 0.335 e. The van der Waals surface area contributed by atoms with Gasteiger partial charge in [-0.3, -0.25) is 0 Å². The lowest BCUT2D eigenvalue weighted by atomic mass is 10.2. The molecule has 29 heavy (non-hydrogen) atoms. The molecule has 156 valence electrons. The average Bonchev–Trinajstić information content (AvgIpc) is 2.75. The van der Waals surface area contributed by atoms with Gasteiger partial charge in [0.25, 0.3) is 0 Å². The van der Waals surface area contributed by atoms with E-state index in [4.69, 9.17) is 9.47 Å². The summed E-state index contributed by atoms with van der Waals surface area (Å²) in [6.07, 6.45) is 0. The molecule has 4 rings (SSSR count). The van der Waals surface area contributed by atoms with Crippen molar-refractivity contribution in [3.8, 4) is 0 Å². The van der Waals surface area contributed by atoms with E-state index in [1.807, 2.05) is 0 Å². The van der Waals surface area contributed by atoms with Gasteiger partial charge in [-0.25, -0.2) is 4.79 Å². The number of carboxylic acids is 1. The first-order valence-corrected chi connectivity index (χ1v) is 9.21. The third kappa shape index (κ3) is 5.22. The molecule has 0 atom stereocenters. The molecule has 0 spiro atoms. The maximum absolute atomic E-state index is 11.2. The highest BCUT2D eigenvalue weighted by molar-refractivity contribution is 5.89. The van der Waals surface area contributed by atoms with Gasteiger partial charge in [-0.05, 0) is 18.2 Å². The molecule has 0 radical (unpaired) electrons. The summed E-state index contributed by atoms with van der Waals surface area (Å²) in [5.74, 6) is 0.552. The van der Waals surface area contributed by atoms with Gasteiger partial charge in [0.05, 0.1) is 32.0 Å². The normalized spacial score (nSPS) is 16.8. The minimum atomic E-state index is -0.984. The number of morpholine rings is 2. The van der Waals surface area contributed by atoms with Crippen molar-refractivity contribution in [3.63, 3.8) is 0 Å². The van der Waals surface area contributed by atoms with Gasteiger partial charge in [-0.1, -0.05) is 6.07 Å². The Morgan fingerprint density at radius 2 is 1.48 bits per heavy atom. The molecule has 2 aromatic rings. The number of aromatic carboxylic acids is 1. The van der Waals surface area contributed by atoms with Crippen LogP contribution in [0.2, 0.25) is 0 Å². The van der Waals surface area contributed by atoms with E-state index in [0.717, 1.165) is 0 Å². The summed E-state index contributed by atoms with van der Waals surface area (Å²) in [6.45, 7) is 5.34. The Bertz CT molecular complexity index is 807. The molecule has 3 heterocycles. The number of aromatic nitrogens is 3. The predicted octanol–water partition coefficient (Wildman–Crippen LogP) is 1.41. The highest BCUT2D eigenvalue weighted by Gasteiger charge is 2.20. The summed E-state index contributed by atoms with van der Waals surface area (Å²) in [5, 5.41) is 12.3. The number of rotatable bonds is 5. The van der Waals surface area contributed by atoms with Crippen molar-refractivity contribution >= 4 is 41.9 Å².